The molecule has 2 unspecified atom stereocenters. The van der Waals surface area contributed by atoms with Crippen molar-refractivity contribution >= 4 is 6.29 Å². The summed E-state index contributed by atoms with van der Waals surface area (Å²) in [5, 5.41) is 0. The molecule has 0 heterocycles. The fourth-order valence-corrected chi connectivity index (χ4v) is 2.53. The molecular weight excluding hydrogens is 124 g/mol. The Bertz CT molecular complexity index is 153. The van der Waals surface area contributed by atoms with Crippen LogP contribution in [0.1, 0.15) is 38.5 Å². The van der Waals surface area contributed by atoms with Crippen molar-refractivity contribution in [3.05, 3.63) is 0 Å². The standard InChI is InChI=1S/C9H14O/c10-6-5-9-4-2-1-3-8(9)7-9/h6,8H,1-5,7H2. The third-order valence-corrected chi connectivity index (χ3v) is 3.33. The molecule has 2 saturated carbocycles. The van der Waals surface area contributed by atoms with Crippen molar-refractivity contribution in [3.8, 4) is 0 Å². The minimum absolute atomic E-state index is 0.528. The lowest BCUT2D eigenvalue weighted by Crippen LogP contribution is -2.09. The highest BCUT2D eigenvalue weighted by Crippen LogP contribution is 2.62. The van der Waals surface area contributed by atoms with Gasteiger partial charge in [0.15, 0.2) is 0 Å². The van der Waals surface area contributed by atoms with E-state index in [0.717, 1.165) is 18.6 Å². The minimum Gasteiger partial charge on any atom is -0.303 e. The van der Waals surface area contributed by atoms with Gasteiger partial charge < -0.3 is 4.79 Å². The highest BCUT2D eigenvalue weighted by atomic mass is 16.1. The van der Waals surface area contributed by atoms with Gasteiger partial charge in [-0.25, -0.2) is 0 Å². The Morgan fingerprint density at radius 3 is 3.10 bits per heavy atom. The van der Waals surface area contributed by atoms with E-state index in [4.69, 9.17) is 0 Å². The van der Waals surface area contributed by atoms with Crippen molar-refractivity contribution in [1.29, 1.82) is 0 Å². The van der Waals surface area contributed by atoms with Crippen LogP contribution in [0.2, 0.25) is 0 Å². The van der Waals surface area contributed by atoms with Crippen LogP contribution >= 0.6 is 0 Å². The van der Waals surface area contributed by atoms with Crippen LogP contribution < -0.4 is 0 Å². The van der Waals surface area contributed by atoms with Crippen LogP contribution in [0, 0.1) is 11.3 Å². The van der Waals surface area contributed by atoms with E-state index in [1.165, 1.54) is 32.1 Å². The molecule has 0 saturated heterocycles. The molecule has 0 radical (unpaired) electrons. The van der Waals surface area contributed by atoms with Gasteiger partial charge in [-0.15, -0.1) is 0 Å². The van der Waals surface area contributed by atoms with Crippen LogP contribution in [-0.2, 0) is 4.79 Å². The molecule has 56 valence electrons. The van der Waals surface area contributed by atoms with Crippen molar-refractivity contribution < 1.29 is 4.79 Å². The summed E-state index contributed by atoms with van der Waals surface area (Å²) in [6.45, 7) is 0. The van der Waals surface area contributed by atoms with Crippen molar-refractivity contribution in [3.63, 3.8) is 0 Å². The predicted octanol–water partition coefficient (Wildman–Crippen LogP) is 2.16. The van der Waals surface area contributed by atoms with Gasteiger partial charge in [0, 0.05) is 6.42 Å². The largest absolute Gasteiger partial charge is 0.303 e. The van der Waals surface area contributed by atoms with Crippen LogP contribution in [0.15, 0.2) is 0 Å². The molecule has 2 aliphatic carbocycles. The Morgan fingerprint density at radius 2 is 2.40 bits per heavy atom. The van der Waals surface area contributed by atoms with E-state index in [1.807, 2.05) is 0 Å². The summed E-state index contributed by atoms with van der Waals surface area (Å²) >= 11 is 0. The van der Waals surface area contributed by atoms with Crippen LogP contribution in [0.25, 0.3) is 0 Å². The molecule has 2 aliphatic rings. The maximum atomic E-state index is 10.3. The van der Waals surface area contributed by atoms with Gasteiger partial charge in [0.05, 0.1) is 0 Å². The summed E-state index contributed by atoms with van der Waals surface area (Å²) in [4.78, 5) is 10.3. The van der Waals surface area contributed by atoms with E-state index < -0.39 is 0 Å². The summed E-state index contributed by atoms with van der Waals surface area (Å²) in [6.07, 6.45) is 8.81. The van der Waals surface area contributed by atoms with E-state index in [-0.39, 0.29) is 0 Å². The first kappa shape index (κ1) is 6.38. The third-order valence-electron chi connectivity index (χ3n) is 3.33. The molecule has 2 fully saturated rings. The van der Waals surface area contributed by atoms with E-state index in [1.54, 1.807) is 0 Å². The molecule has 2 rings (SSSR count). The van der Waals surface area contributed by atoms with Gasteiger partial charge in [-0.05, 0) is 30.6 Å². The predicted molar refractivity (Wildman–Crippen MR) is 39.7 cm³/mol. The molecule has 1 nitrogen and oxygen atoms in total. The highest BCUT2D eigenvalue weighted by molar-refractivity contribution is 5.52. The number of hydrogen-bond acceptors (Lipinski definition) is 1. The Labute approximate surface area is 61.8 Å². The monoisotopic (exact) mass is 138 g/mol. The lowest BCUT2D eigenvalue weighted by atomic mass is 9.86. The fraction of sp³-hybridized carbons (Fsp3) is 0.889. The van der Waals surface area contributed by atoms with Crippen LogP contribution in [0.3, 0.4) is 0 Å². The Balaban J connectivity index is 1.98. The molecule has 0 N–H and O–H groups in total. The van der Waals surface area contributed by atoms with Crippen LogP contribution in [0.4, 0.5) is 0 Å². The SMILES string of the molecule is O=CCC12CCCCC1C2. The molecule has 0 spiro atoms. The van der Waals surface area contributed by atoms with Crippen LogP contribution in [-0.4, -0.2) is 6.29 Å². The molecule has 2 atom stereocenters. The molecule has 0 aromatic carbocycles. The molecule has 0 aliphatic heterocycles. The van der Waals surface area contributed by atoms with Gasteiger partial charge in [-0.3, -0.25) is 0 Å². The zero-order valence-electron chi connectivity index (χ0n) is 6.31. The first-order chi connectivity index (χ1) is 4.87. The average molecular weight is 138 g/mol. The molecule has 0 amide bonds. The van der Waals surface area contributed by atoms with Gasteiger partial charge in [-0.2, -0.15) is 0 Å². The maximum absolute atomic E-state index is 10.3. The molecule has 1 heteroatoms. The van der Waals surface area contributed by atoms with Gasteiger partial charge in [0.1, 0.15) is 6.29 Å². The Morgan fingerprint density at radius 1 is 1.50 bits per heavy atom. The second-order valence-electron chi connectivity index (χ2n) is 3.88. The van der Waals surface area contributed by atoms with Crippen molar-refractivity contribution in [2.75, 3.05) is 0 Å². The summed E-state index contributed by atoms with van der Waals surface area (Å²) in [7, 11) is 0. The third kappa shape index (κ3) is 0.799. The van der Waals surface area contributed by atoms with E-state index in [9.17, 15) is 4.79 Å². The molecule has 0 bridgehead atoms. The average Bonchev–Trinajstić information content (AvgIpc) is 2.62. The van der Waals surface area contributed by atoms with Gasteiger partial charge in [0.2, 0.25) is 0 Å². The Kier molecular flexibility index (Phi) is 1.33. The maximum Gasteiger partial charge on any atom is 0.120 e. The molecular formula is C9H14O. The normalized spacial score (nSPS) is 44.2. The lowest BCUT2D eigenvalue weighted by molar-refractivity contribution is -0.109. The first-order valence-corrected chi connectivity index (χ1v) is 4.31. The van der Waals surface area contributed by atoms with Gasteiger partial charge in [0.25, 0.3) is 0 Å². The van der Waals surface area contributed by atoms with Crippen LogP contribution in [0.5, 0.6) is 0 Å². The van der Waals surface area contributed by atoms with E-state index in [2.05, 4.69) is 0 Å². The smallest absolute Gasteiger partial charge is 0.120 e. The van der Waals surface area contributed by atoms with Gasteiger partial charge >= 0.3 is 0 Å². The lowest BCUT2D eigenvalue weighted by Gasteiger charge is -2.18. The second-order valence-corrected chi connectivity index (χ2v) is 3.88. The quantitative estimate of drug-likeness (QED) is 0.534. The number of carbonyl (C=O) groups is 1. The molecule has 0 aromatic heterocycles. The van der Waals surface area contributed by atoms with E-state index in [0.29, 0.717) is 5.41 Å². The summed E-state index contributed by atoms with van der Waals surface area (Å²) < 4.78 is 0. The van der Waals surface area contributed by atoms with Crippen molar-refractivity contribution in [1.82, 2.24) is 0 Å². The summed E-state index contributed by atoms with van der Waals surface area (Å²) in [6, 6.07) is 0. The van der Waals surface area contributed by atoms with Crippen molar-refractivity contribution in [2.45, 2.75) is 38.5 Å². The number of carbonyl (C=O) groups excluding carboxylic acids is 1. The number of hydrogen-bond donors (Lipinski definition) is 0. The topological polar surface area (TPSA) is 17.1 Å². The first-order valence-electron chi connectivity index (χ1n) is 4.31. The summed E-state index contributed by atoms with van der Waals surface area (Å²) in [5.74, 6) is 0.937. The molecule has 10 heavy (non-hydrogen) atoms. The highest BCUT2D eigenvalue weighted by Gasteiger charge is 2.53. The minimum atomic E-state index is 0.528. The number of fused-ring (bicyclic) bond motifs is 1. The second kappa shape index (κ2) is 2.08. The Hall–Kier alpha value is -0.330. The number of aldehydes is 1. The molecule has 0 aromatic rings. The van der Waals surface area contributed by atoms with Crippen molar-refractivity contribution in [2.24, 2.45) is 11.3 Å². The van der Waals surface area contributed by atoms with E-state index >= 15 is 0 Å². The summed E-state index contributed by atoms with van der Waals surface area (Å²) in [5.41, 5.74) is 0.528. The zero-order chi connectivity index (χ0) is 7.03. The van der Waals surface area contributed by atoms with Gasteiger partial charge in [-0.1, -0.05) is 12.8 Å². The zero-order valence-corrected chi connectivity index (χ0v) is 6.31. The number of rotatable bonds is 2. The fourth-order valence-electron chi connectivity index (χ4n) is 2.53.